The van der Waals surface area contributed by atoms with Gasteiger partial charge in [-0.1, -0.05) is 29.3 Å². The molecular formula is C15H20Cl2N2O2. The fraction of sp³-hybridized carbons (Fsp3) is 0.467. The van der Waals surface area contributed by atoms with Gasteiger partial charge >= 0.3 is 0 Å². The van der Waals surface area contributed by atoms with E-state index in [-0.39, 0.29) is 24.8 Å². The van der Waals surface area contributed by atoms with Crippen LogP contribution in [0.15, 0.2) is 18.2 Å². The molecule has 0 atom stereocenters. The lowest BCUT2D eigenvalue weighted by atomic mass is 10.2. The molecule has 1 aromatic carbocycles. The van der Waals surface area contributed by atoms with Crippen LogP contribution >= 0.6 is 23.2 Å². The molecule has 0 radical (unpaired) electrons. The van der Waals surface area contributed by atoms with Crippen molar-refractivity contribution >= 4 is 40.7 Å². The standard InChI is InChI=1S/C15H20Cl2N2O2/c1-4-18(5-2)14(21)9-10-19(11(3)20)13-8-6-7-12(16)15(13)17/h6-8H,4-5,9-10H2,1-3H3. The van der Waals surface area contributed by atoms with Gasteiger partial charge in [-0.15, -0.1) is 0 Å². The van der Waals surface area contributed by atoms with Gasteiger partial charge in [0.15, 0.2) is 0 Å². The van der Waals surface area contributed by atoms with Crippen molar-refractivity contribution in [2.45, 2.75) is 27.2 Å². The largest absolute Gasteiger partial charge is 0.343 e. The van der Waals surface area contributed by atoms with Crippen LogP contribution in [0.5, 0.6) is 0 Å². The molecule has 0 fully saturated rings. The number of hydrogen-bond donors (Lipinski definition) is 0. The number of amides is 2. The van der Waals surface area contributed by atoms with E-state index in [0.717, 1.165) is 0 Å². The second kappa shape index (κ2) is 8.25. The van der Waals surface area contributed by atoms with Crippen molar-refractivity contribution in [1.82, 2.24) is 4.90 Å². The normalized spacial score (nSPS) is 10.3. The van der Waals surface area contributed by atoms with Gasteiger partial charge in [0.1, 0.15) is 0 Å². The Morgan fingerprint density at radius 3 is 2.29 bits per heavy atom. The number of rotatable bonds is 6. The highest BCUT2D eigenvalue weighted by Gasteiger charge is 2.18. The first-order valence-electron chi connectivity index (χ1n) is 6.92. The molecule has 0 aliphatic heterocycles. The number of nitrogens with zero attached hydrogens (tertiary/aromatic N) is 2. The van der Waals surface area contributed by atoms with Crippen molar-refractivity contribution in [2.24, 2.45) is 0 Å². The summed E-state index contributed by atoms with van der Waals surface area (Å²) in [5.74, 6) is -0.157. The van der Waals surface area contributed by atoms with E-state index in [1.54, 1.807) is 23.1 Å². The summed E-state index contributed by atoms with van der Waals surface area (Å²) < 4.78 is 0. The number of halogens is 2. The average Bonchev–Trinajstić information content (AvgIpc) is 2.44. The third-order valence-electron chi connectivity index (χ3n) is 3.27. The Kier molecular flexibility index (Phi) is 6.99. The minimum Gasteiger partial charge on any atom is -0.343 e. The maximum Gasteiger partial charge on any atom is 0.224 e. The maximum absolute atomic E-state index is 12.0. The average molecular weight is 331 g/mol. The van der Waals surface area contributed by atoms with Crippen molar-refractivity contribution < 1.29 is 9.59 Å². The molecular weight excluding hydrogens is 311 g/mol. The summed E-state index contributed by atoms with van der Waals surface area (Å²) in [5.41, 5.74) is 0.531. The fourth-order valence-corrected chi connectivity index (χ4v) is 2.49. The second-order valence-electron chi connectivity index (χ2n) is 4.56. The highest BCUT2D eigenvalue weighted by molar-refractivity contribution is 6.44. The van der Waals surface area contributed by atoms with Crippen LogP contribution in [0, 0.1) is 0 Å². The SMILES string of the molecule is CCN(CC)C(=O)CCN(C(C)=O)c1cccc(Cl)c1Cl. The van der Waals surface area contributed by atoms with E-state index >= 15 is 0 Å². The van der Waals surface area contributed by atoms with Crippen LogP contribution in [0.2, 0.25) is 10.0 Å². The molecule has 1 rings (SSSR count). The molecule has 6 heteroatoms. The summed E-state index contributed by atoms with van der Waals surface area (Å²) in [6.45, 7) is 6.90. The van der Waals surface area contributed by atoms with Crippen molar-refractivity contribution in [3.05, 3.63) is 28.2 Å². The Hall–Kier alpha value is -1.26. The molecule has 2 amide bonds. The number of benzene rings is 1. The highest BCUT2D eigenvalue weighted by Crippen LogP contribution is 2.32. The summed E-state index contributed by atoms with van der Waals surface area (Å²) in [7, 11) is 0. The quantitative estimate of drug-likeness (QED) is 0.799. The van der Waals surface area contributed by atoms with Crippen molar-refractivity contribution in [3.63, 3.8) is 0 Å². The minimum absolute atomic E-state index is 0.0180. The number of carbonyl (C=O) groups is 2. The monoisotopic (exact) mass is 330 g/mol. The molecule has 1 aromatic rings. The van der Waals surface area contributed by atoms with Gasteiger partial charge in [-0.3, -0.25) is 9.59 Å². The summed E-state index contributed by atoms with van der Waals surface area (Å²) >= 11 is 12.1. The Labute approximate surface area is 135 Å². The van der Waals surface area contributed by atoms with Crippen LogP contribution < -0.4 is 4.90 Å². The van der Waals surface area contributed by atoms with Crippen LogP contribution in [0.4, 0.5) is 5.69 Å². The molecule has 0 aliphatic carbocycles. The van der Waals surface area contributed by atoms with Gasteiger partial charge in [-0.2, -0.15) is 0 Å². The predicted octanol–water partition coefficient (Wildman–Crippen LogP) is 3.60. The van der Waals surface area contributed by atoms with E-state index in [4.69, 9.17) is 23.2 Å². The van der Waals surface area contributed by atoms with E-state index in [9.17, 15) is 9.59 Å². The van der Waals surface area contributed by atoms with Gasteiger partial charge in [0.2, 0.25) is 11.8 Å². The van der Waals surface area contributed by atoms with E-state index < -0.39 is 0 Å². The number of hydrogen-bond acceptors (Lipinski definition) is 2. The van der Waals surface area contributed by atoms with Gasteiger partial charge in [0.05, 0.1) is 15.7 Å². The van der Waals surface area contributed by atoms with Gasteiger partial charge in [0.25, 0.3) is 0 Å². The van der Waals surface area contributed by atoms with E-state index in [2.05, 4.69) is 0 Å². The Morgan fingerprint density at radius 2 is 1.76 bits per heavy atom. The van der Waals surface area contributed by atoms with Gasteiger partial charge in [0, 0.05) is 33.0 Å². The molecule has 0 aromatic heterocycles. The van der Waals surface area contributed by atoms with Crippen molar-refractivity contribution in [2.75, 3.05) is 24.5 Å². The zero-order valence-corrected chi connectivity index (χ0v) is 14.0. The van der Waals surface area contributed by atoms with Crippen LogP contribution in [0.3, 0.4) is 0 Å². The highest BCUT2D eigenvalue weighted by atomic mass is 35.5. The minimum atomic E-state index is -0.175. The van der Waals surface area contributed by atoms with E-state index in [1.807, 2.05) is 13.8 Å². The topological polar surface area (TPSA) is 40.6 Å². The molecule has 4 nitrogen and oxygen atoms in total. The zero-order chi connectivity index (χ0) is 16.0. The predicted molar refractivity (Wildman–Crippen MR) is 87.0 cm³/mol. The molecule has 116 valence electrons. The lowest BCUT2D eigenvalue weighted by Gasteiger charge is -2.24. The Bertz CT molecular complexity index is 516. The van der Waals surface area contributed by atoms with Gasteiger partial charge in [-0.05, 0) is 26.0 Å². The smallest absolute Gasteiger partial charge is 0.224 e. The fourth-order valence-electron chi connectivity index (χ4n) is 2.09. The Morgan fingerprint density at radius 1 is 1.14 bits per heavy atom. The third kappa shape index (κ3) is 4.61. The maximum atomic E-state index is 12.0. The van der Waals surface area contributed by atoms with Crippen molar-refractivity contribution in [1.29, 1.82) is 0 Å². The molecule has 0 aliphatic rings. The van der Waals surface area contributed by atoms with E-state index in [1.165, 1.54) is 11.8 Å². The first kappa shape index (κ1) is 17.8. The molecule has 0 saturated carbocycles. The number of carbonyl (C=O) groups excluding carboxylic acids is 2. The molecule has 0 heterocycles. The first-order valence-corrected chi connectivity index (χ1v) is 7.67. The van der Waals surface area contributed by atoms with Crippen molar-refractivity contribution in [3.8, 4) is 0 Å². The Balaban J connectivity index is 2.87. The summed E-state index contributed by atoms with van der Waals surface area (Å²) in [4.78, 5) is 27.1. The molecule has 21 heavy (non-hydrogen) atoms. The molecule has 0 N–H and O–H groups in total. The summed E-state index contributed by atoms with van der Waals surface area (Å²) in [5, 5.41) is 0.708. The third-order valence-corrected chi connectivity index (χ3v) is 4.08. The van der Waals surface area contributed by atoms with Crippen LogP contribution in [-0.2, 0) is 9.59 Å². The van der Waals surface area contributed by atoms with Gasteiger partial charge < -0.3 is 9.80 Å². The summed E-state index contributed by atoms with van der Waals surface area (Å²) in [6.07, 6.45) is 0.254. The van der Waals surface area contributed by atoms with Gasteiger partial charge in [-0.25, -0.2) is 0 Å². The van der Waals surface area contributed by atoms with E-state index in [0.29, 0.717) is 28.8 Å². The molecule has 0 spiro atoms. The molecule has 0 bridgehead atoms. The van der Waals surface area contributed by atoms with Crippen LogP contribution in [0.1, 0.15) is 27.2 Å². The number of anilines is 1. The summed E-state index contributed by atoms with van der Waals surface area (Å²) in [6, 6.07) is 5.11. The van der Waals surface area contributed by atoms with Crippen LogP contribution in [-0.4, -0.2) is 36.3 Å². The second-order valence-corrected chi connectivity index (χ2v) is 5.34. The zero-order valence-electron chi connectivity index (χ0n) is 12.5. The first-order chi connectivity index (χ1) is 9.92. The lowest BCUT2D eigenvalue weighted by Crippen LogP contribution is -2.36. The van der Waals surface area contributed by atoms with Crippen LogP contribution in [0.25, 0.3) is 0 Å². The lowest BCUT2D eigenvalue weighted by molar-refractivity contribution is -0.130. The molecule has 0 unspecified atom stereocenters. The molecule has 0 saturated heterocycles.